The van der Waals surface area contributed by atoms with Crippen molar-refractivity contribution < 1.29 is 4.79 Å². The first-order valence-corrected chi connectivity index (χ1v) is 5.66. The Morgan fingerprint density at radius 2 is 2.44 bits per heavy atom. The van der Waals surface area contributed by atoms with E-state index < -0.39 is 5.91 Å². The summed E-state index contributed by atoms with van der Waals surface area (Å²) in [5, 5.41) is 3.31. The SMILES string of the molecule is CC(CNc1ccnc(C(N)=O)c1)C1CC1. The molecule has 0 saturated heterocycles. The second kappa shape index (κ2) is 4.51. The fourth-order valence-corrected chi connectivity index (χ4v) is 1.79. The molecule has 3 N–H and O–H groups in total. The van der Waals surface area contributed by atoms with Crippen molar-refractivity contribution >= 4 is 11.6 Å². The number of amides is 1. The standard InChI is InChI=1S/C12H17N3O/c1-8(9-2-3-9)7-15-10-4-5-14-11(6-10)12(13)16/h4-6,8-9H,2-3,7H2,1H3,(H2,13,16)(H,14,15). The number of aromatic nitrogens is 1. The zero-order valence-electron chi connectivity index (χ0n) is 9.44. The van der Waals surface area contributed by atoms with E-state index in [9.17, 15) is 4.79 Å². The van der Waals surface area contributed by atoms with E-state index in [1.165, 1.54) is 12.8 Å². The zero-order chi connectivity index (χ0) is 11.5. The van der Waals surface area contributed by atoms with Gasteiger partial charge in [-0.15, -0.1) is 0 Å². The second-order valence-corrected chi connectivity index (χ2v) is 4.49. The highest BCUT2D eigenvalue weighted by Crippen LogP contribution is 2.36. The molecule has 0 radical (unpaired) electrons. The van der Waals surface area contributed by atoms with Gasteiger partial charge in [-0.05, 0) is 36.8 Å². The summed E-state index contributed by atoms with van der Waals surface area (Å²) < 4.78 is 0. The Kier molecular flexibility index (Phi) is 3.08. The minimum atomic E-state index is -0.487. The lowest BCUT2D eigenvalue weighted by Crippen LogP contribution is -2.15. The molecule has 2 rings (SSSR count). The van der Waals surface area contributed by atoms with E-state index in [1.54, 1.807) is 12.3 Å². The van der Waals surface area contributed by atoms with Crippen molar-refractivity contribution in [3.05, 3.63) is 24.0 Å². The maximum Gasteiger partial charge on any atom is 0.267 e. The number of carbonyl (C=O) groups is 1. The lowest BCUT2D eigenvalue weighted by Gasteiger charge is -2.12. The van der Waals surface area contributed by atoms with Crippen LogP contribution in [0.3, 0.4) is 0 Å². The Bertz CT molecular complexity index is 388. The summed E-state index contributed by atoms with van der Waals surface area (Å²) in [6.07, 6.45) is 4.31. The Morgan fingerprint density at radius 3 is 3.06 bits per heavy atom. The van der Waals surface area contributed by atoms with Gasteiger partial charge in [0.15, 0.2) is 0 Å². The molecule has 16 heavy (non-hydrogen) atoms. The van der Waals surface area contributed by atoms with Gasteiger partial charge in [0.05, 0.1) is 0 Å². The lowest BCUT2D eigenvalue weighted by atomic mass is 10.1. The molecule has 1 aliphatic rings. The van der Waals surface area contributed by atoms with Crippen molar-refractivity contribution in [3.63, 3.8) is 0 Å². The van der Waals surface area contributed by atoms with Gasteiger partial charge >= 0.3 is 0 Å². The van der Waals surface area contributed by atoms with E-state index in [-0.39, 0.29) is 0 Å². The number of nitrogens with two attached hydrogens (primary N) is 1. The van der Waals surface area contributed by atoms with Crippen LogP contribution in [0.2, 0.25) is 0 Å². The fourth-order valence-electron chi connectivity index (χ4n) is 1.79. The normalized spacial score (nSPS) is 16.8. The van der Waals surface area contributed by atoms with Crippen LogP contribution in [0.25, 0.3) is 0 Å². The first-order valence-electron chi connectivity index (χ1n) is 5.66. The summed E-state index contributed by atoms with van der Waals surface area (Å²) in [7, 11) is 0. The van der Waals surface area contributed by atoms with Gasteiger partial charge in [0.1, 0.15) is 5.69 Å². The third-order valence-corrected chi connectivity index (χ3v) is 3.07. The molecule has 1 amide bonds. The van der Waals surface area contributed by atoms with E-state index in [0.717, 1.165) is 18.2 Å². The molecule has 1 fully saturated rings. The average Bonchev–Trinajstić information content (AvgIpc) is 3.10. The minimum Gasteiger partial charge on any atom is -0.385 e. The Labute approximate surface area is 95.3 Å². The van der Waals surface area contributed by atoms with Gasteiger partial charge in [-0.1, -0.05) is 6.92 Å². The first kappa shape index (κ1) is 10.9. The van der Waals surface area contributed by atoms with Crippen LogP contribution >= 0.6 is 0 Å². The van der Waals surface area contributed by atoms with Crippen LogP contribution < -0.4 is 11.1 Å². The number of anilines is 1. The summed E-state index contributed by atoms with van der Waals surface area (Å²) >= 11 is 0. The van der Waals surface area contributed by atoms with Crippen LogP contribution in [0, 0.1) is 11.8 Å². The van der Waals surface area contributed by atoms with Gasteiger partial charge in [-0.25, -0.2) is 0 Å². The number of nitrogens with zero attached hydrogens (tertiary/aromatic N) is 1. The van der Waals surface area contributed by atoms with Gasteiger partial charge < -0.3 is 11.1 Å². The molecular formula is C12H17N3O. The van der Waals surface area contributed by atoms with Crippen molar-refractivity contribution in [2.24, 2.45) is 17.6 Å². The molecule has 1 unspecified atom stereocenters. The zero-order valence-corrected chi connectivity index (χ0v) is 9.44. The highest BCUT2D eigenvalue weighted by Gasteiger charge is 2.27. The maximum atomic E-state index is 10.9. The van der Waals surface area contributed by atoms with Gasteiger partial charge in [0.2, 0.25) is 0 Å². The van der Waals surface area contributed by atoms with Crippen molar-refractivity contribution in [1.82, 2.24) is 4.98 Å². The van der Waals surface area contributed by atoms with Gasteiger partial charge in [-0.3, -0.25) is 9.78 Å². The number of carbonyl (C=O) groups excluding carboxylic acids is 1. The molecule has 1 aromatic heterocycles. The molecule has 0 aromatic carbocycles. The van der Waals surface area contributed by atoms with Gasteiger partial charge in [-0.2, -0.15) is 0 Å². The Balaban J connectivity index is 1.92. The van der Waals surface area contributed by atoms with Crippen molar-refractivity contribution in [2.75, 3.05) is 11.9 Å². The van der Waals surface area contributed by atoms with E-state index >= 15 is 0 Å². The fraction of sp³-hybridized carbons (Fsp3) is 0.500. The van der Waals surface area contributed by atoms with Crippen molar-refractivity contribution in [1.29, 1.82) is 0 Å². The van der Waals surface area contributed by atoms with Gasteiger partial charge in [0.25, 0.3) is 5.91 Å². The molecule has 0 spiro atoms. The van der Waals surface area contributed by atoms with Crippen LogP contribution in [0.1, 0.15) is 30.3 Å². The second-order valence-electron chi connectivity index (χ2n) is 4.49. The molecule has 4 nitrogen and oxygen atoms in total. The summed E-state index contributed by atoms with van der Waals surface area (Å²) in [4.78, 5) is 14.8. The Morgan fingerprint density at radius 1 is 1.69 bits per heavy atom. The Hall–Kier alpha value is -1.58. The summed E-state index contributed by atoms with van der Waals surface area (Å²) in [5.74, 6) is 1.08. The largest absolute Gasteiger partial charge is 0.385 e. The minimum absolute atomic E-state index is 0.309. The molecule has 1 saturated carbocycles. The number of hydrogen-bond acceptors (Lipinski definition) is 3. The first-order chi connectivity index (χ1) is 7.66. The molecule has 1 atom stereocenters. The molecule has 4 heteroatoms. The van der Waals surface area contributed by atoms with Crippen LogP contribution in [0.5, 0.6) is 0 Å². The van der Waals surface area contributed by atoms with Crippen molar-refractivity contribution in [2.45, 2.75) is 19.8 Å². The van der Waals surface area contributed by atoms with Crippen LogP contribution in [0.4, 0.5) is 5.69 Å². The number of primary amides is 1. The van der Waals surface area contributed by atoms with Crippen LogP contribution in [-0.2, 0) is 0 Å². The molecule has 0 bridgehead atoms. The lowest BCUT2D eigenvalue weighted by molar-refractivity contribution is 0.0995. The predicted octanol–water partition coefficient (Wildman–Crippen LogP) is 1.64. The third kappa shape index (κ3) is 2.72. The molecule has 1 heterocycles. The monoisotopic (exact) mass is 219 g/mol. The highest BCUT2D eigenvalue weighted by molar-refractivity contribution is 5.91. The molecule has 0 aliphatic heterocycles. The quantitative estimate of drug-likeness (QED) is 0.791. The van der Waals surface area contributed by atoms with Crippen LogP contribution in [-0.4, -0.2) is 17.4 Å². The third-order valence-electron chi connectivity index (χ3n) is 3.07. The van der Waals surface area contributed by atoms with Crippen LogP contribution in [0.15, 0.2) is 18.3 Å². The predicted molar refractivity (Wildman–Crippen MR) is 63.1 cm³/mol. The summed E-state index contributed by atoms with van der Waals surface area (Å²) in [6, 6.07) is 3.55. The molecular weight excluding hydrogens is 202 g/mol. The number of rotatable bonds is 5. The van der Waals surface area contributed by atoms with Gasteiger partial charge in [0, 0.05) is 18.4 Å². The highest BCUT2D eigenvalue weighted by atomic mass is 16.1. The van der Waals surface area contributed by atoms with E-state index in [1.807, 2.05) is 6.07 Å². The smallest absolute Gasteiger partial charge is 0.267 e. The van der Waals surface area contributed by atoms with E-state index in [2.05, 4.69) is 17.2 Å². The molecule has 86 valence electrons. The van der Waals surface area contributed by atoms with E-state index in [4.69, 9.17) is 5.73 Å². The summed E-state index contributed by atoms with van der Waals surface area (Å²) in [6.45, 7) is 3.19. The number of hydrogen-bond donors (Lipinski definition) is 2. The average molecular weight is 219 g/mol. The maximum absolute atomic E-state index is 10.9. The molecule has 1 aliphatic carbocycles. The van der Waals surface area contributed by atoms with E-state index in [0.29, 0.717) is 11.6 Å². The number of nitrogens with one attached hydrogen (secondary N) is 1. The topological polar surface area (TPSA) is 68.0 Å². The number of pyridine rings is 1. The summed E-state index contributed by atoms with van der Waals surface area (Å²) in [5.41, 5.74) is 6.39. The van der Waals surface area contributed by atoms with Crippen molar-refractivity contribution in [3.8, 4) is 0 Å². The molecule has 1 aromatic rings.